The summed E-state index contributed by atoms with van der Waals surface area (Å²) in [4.78, 5) is 0. The zero-order chi connectivity index (χ0) is 15.9. The van der Waals surface area contributed by atoms with E-state index in [0.29, 0.717) is 0 Å². The molecule has 126 valence electrons. The first-order valence-corrected chi connectivity index (χ1v) is 10.5. The molecule has 0 radical (unpaired) electrons. The van der Waals surface area contributed by atoms with E-state index in [0.717, 1.165) is 8.73 Å². The molecule has 0 heterocycles. The van der Waals surface area contributed by atoms with Crippen LogP contribution in [0.1, 0.15) is 76.7 Å². The largest absolute Gasteiger partial charge is 0.287 e. The first-order chi connectivity index (χ1) is 10.8. The van der Waals surface area contributed by atoms with Crippen LogP contribution in [-0.2, 0) is 6.16 Å². The Kier molecular flexibility index (Phi) is 12.7. The first kappa shape index (κ1) is 19.7. The molecule has 0 bridgehead atoms. The molecule has 22 heavy (non-hydrogen) atoms. The summed E-state index contributed by atoms with van der Waals surface area (Å²) in [5.74, 6) is 0. The maximum atomic E-state index is 2.51. The summed E-state index contributed by atoms with van der Waals surface area (Å²) in [6.07, 6.45) is 15.5. The topological polar surface area (TPSA) is 3.24 Å². The Bertz CT molecular complexity index is 339. The van der Waals surface area contributed by atoms with Gasteiger partial charge >= 0.3 is 0 Å². The van der Waals surface area contributed by atoms with Crippen LogP contribution in [0, 0.1) is 0 Å². The minimum Gasteiger partial charge on any atom is -0.287 e. The third kappa shape index (κ3) is 11.2. The molecule has 1 rings (SSSR count). The molecule has 1 unspecified atom stereocenters. The Hall–Kier alpha value is -0.390. The Balaban J connectivity index is 1.85. The Morgan fingerprint density at radius 2 is 1.32 bits per heavy atom. The second kappa shape index (κ2) is 14.2. The molecule has 2 heteroatoms. The summed E-state index contributed by atoms with van der Waals surface area (Å²) in [7, 11) is 3.20. The molecule has 0 saturated heterocycles. The fourth-order valence-corrected chi connectivity index (χ4v) is 3.74. The second-order valence-corrected chi connectivity index (χ2v) is 7.86. The third-order valence-corrected chi connectivity index (χ3v) is 5.57. The van der Waals surface area contributed by atoms with Crippen molar-refractivity contribution in [3.8, 4) is 0 Å². The molecule has 1 aromatic carbocycles. The number of nitrogens with zero attached hydrogens (tertiary/aromatic N) is 1. The van der Waals surface area contributed by atoms with Crippen LogP contribution < -0.4 is 0 Å². The molecule has 0 aliphatic carbocycles. The van der Waals surface area contributed by atoms with E-state index in [9.17, 15) is 0 Å². The van der Waals surface area contributed by atoms with E-state index in [1.807, 2.05) is 0 Å². The van der Waals surface area contributed by atoms with E-state index in [4.69, 9.17) is 0 Å². The van der Waals surface area contributed by atoms with Gasteiger partial charge in [-0.05, 0) is 27.8 Å². The number of hydrogen-bond donors (Lipinski definition) is 0. The smallest absolute Gasteiger partial charge is 0.00319 e. The fourth-order valence-electron chi connectivity index (χ4n) is 2.74. The lowest BCUT2D eigenvalue weighted by atomic mass is 10.1. The quantitative estimate of drug-likeness (QED) is 0.274. The van der Waals surface area contributed by atoms with Crippen molar-refractivity contribution in [3.05, 3.63) is 35.9 Å². The van der Waals surface area contributed by atoms with Crippen molar-refractivity contribution in [3.63, 3.8) is 0 Å². The van der Waals surface area contributed by atoms with Crippen molar-refractivity contribution >= 4 is 8.73 Å². The van der Waals surface area contributed by atoms with Crippen LogP contribution in [0.25, 0.3) is 0 Å². The zero-order valence-corrected chi connectivity index (χ0v) is 15.8. The average Bonchev–Trinajstić information content (AvgIpc) is 2.55. The van der Waals surface area contributed by atoms with E-state index >= 15 is 0 Å². The van der Waals surface area contributed by atoms with Crippen molar-refractivity contribution in [2.45, 2.75) is 77.3 Å². The van der Waals surface area contributed by atoms with E-state index < -0.39 is 0 Å². The predicted octanol–water partition coefficient (Wildman–Crippen LogP) is 6.63. The van der Waals surface area contributed by atoms with Crippen LogP contribution in [0.5, 0.6) is 0 Å². The molecule has 0 spiro atoms. The van der Waals surface area contributed by atoms with Crippen LogP contribution >= 0.6 is 8.73 Å². The van der Waals surface area contributed by atoms with Crippen LogP contribution in [-0.4, -0.2) is 18.3 Å². The van der Waals surface area contributed by atoms with Gasteiger partial charge in [0, 0.05) is 12.7 Å². The second-order valence-electron chi connectivity index (χ2n) is 6.42. The minimum absolute atomic E-state index is 0.929. The van der Waals surface area contributed by atoms with Gasteiger partial charge in [-0.15, -0.1) is 0 Å². The maximum Gasteiger partial charge on any atom is 0.00319 e. The van der Waals surface area contributed by atoms with Gasteiger partial charge < -0.3 is 0 Å². The van der Waals surface area contributed by atoms with Gasteiger partial charge in [0.25, 0.3) is 0 Å². The highest BCUT2D eigenvalue weighted by Gasteiger charge is 1.99. The number of rotatable bonds is 14. The predicted molar refractivity (Wildman–Crippen MR) is 103 cm³/mol. The monoisotopic (exact) mass is 321 g/mol. The van der Waals surface area contributed by atoms with Crippen molar-refractivity contribution < 1.29 is 0 Å². The average molecular weight is 321 g/mol. The summed E-state index contributed by atoms with van der Waals surface area (Å²) < 4.78 is 2.51. The number of hydrogen-bond acceptors (Lipinski definition) is 1. The van der Waals surface area contributed by atoms with E-state index in [1.54, 1.807) is 0 Å². The molecule has 1 atom stereocenters. The molecule has 0 N–H and O–H groups in total. The van der Waals surface area contributed by atoms with Crippen molar-refractivity contribution in [2.24, 2.45) is 0 Å². The lowest BCUT2D eigenvalue weighted by molar-refractivity contribution is 0.495. The number of unbranched alkanes of at least 4 members (excludes halogenated alkanes) is 9. The lowest BCUT2D eigenvalue weighted by Crippen LogP contribution is -2.09. The van der Waals surface area contributed by atoms with E-state index in [1.165, 1.54) is 82.5 Å². The summed E-state index contributed by atoms with van der Waals surface area (Å²) in [6, 6.07) is 10.9. The van der Waals surface area contributed by atoms with Gasteiger partial charge in [-0.3, -0.25) is 4.67 Å². The standard InChI is InChI=1S/C20H36NP/c1-3-4-5-6-7-8-9-10-11-15-18-21(2)22-19-20-16-13-12-14-17-20/h12-14,16-17,22H,3-11,15,18-19H2,1-2H3. The third-order valence-electron chi connectivity index (χ3n) is 4.24. The van der Waals surface area contributed by atoms with Crippen molar-refractivity contribution in [1.29, 1.82) is 0 Å². The molecule has 0 fully saturated rings. The molecule has 0 aromatic heterocycles. The van der Waals surface area contributed by atoms with Gasteiger partial charge in [-0.25, -0.2) is 0 Å². The van der Waals surface area contributed by atoms with Crippen LogP contribution in [0.2, 0.25) is 0 Å². The minimum atomic E-state index is 0.929. The summed E-state index contributed by atoms with van der Waals surface area (Å²) in [5.41, 5.74) is 1.47. The van der Waals surface area contributed by atoms with Gasteiger partial charge in [0.05, 0.1) is 0 Å². The zero-order valence-electron chi connectivity index (χ0n) is 14.8. The van der Waals surface area contributed by atoms with Gasteiger partial charge in [0.15, 0.2) is 0 Å². The number of benzene rings is 1. The Morgan fingerprint density at radius 3 is 1.91 bits per heavy atom. The molecule has 1 nitrogen and oxygen atoms in total. The SMILES string of the molecule is CCCCCCCCCCCCN(C)PCc1ccccc1. The van der Waals surface area contributed by atoms with Crippen LogP contribution in [0.3, 0.4) is 0 Å². The molecule has 1 aromatic rings. The molecular weight excluding hydrogens is 285 g/mol. The molecule has 0 saturated carbocycles. The highest BCUT2D eigenvalue weighted by atomic mass is 31.1. The highest BCUT2D eigenvalue weighted by molar-refractivity contribution is 7.34. The Labute approximate surface area is 140 Å². The molecule has 0 aliphatic rings. The van der Waals surface area contributed by atoms with Crippen LogP contribution in [0.15, 0.2) is 30.3 Å². The van der Waals surface area contributed by atoms with Gasteiger partial charge in [0.1, 0.15) is 0 Å². The van der Waals surface area contributed by atoms with Crippen molar-refractivity contribution in [1.82, 2.24) is 4.67 Å². The van der Waals surface area contributed by atoms with Gasteiger partial charge in [-0.2, -0.15) is 0 Å². The molecular formula is C20H36NP. The lowest BCUT2D eigenvalue weighted by Gasteiger charge is -2.16. The summed E-state index contributed by atoms with van der Waals surface area (Å²) in [6.45, 7) is 3.55. The summed E-state index contributed by atoms with van der Waals surface area (Å²) in [5, 5.41) is 0. The Morgan fingerprint density at radius 1 is 0.773 bits per heavy atom. The van der Waals surface area contributed by atoms with E-state index in [2.05, 4.69) is 49.0 Å². The van der Waals surface area contributed by atoms with E-state index in [-0.39, 0.29) is 0 Å². The highest BCUT2D eigenvalue weighted by Crippen LogP contribution is 2.22. The summed E-state index contributed by atoms with van der Waals surface area (Å²) >= 11 is 0. The molecule has 0 amide bonds. The molecule has 0 aliphatic heterocycles. The maximum absolute atomic E-state index is 2.51. The fraction of sp³-hybridized carbons (Fsp3) is 0.700. The van der Waals surface area contributed by atoms with Crippen LogP contribution in [0.4, 0.5) is 0 Å². The van der Waals surface area contributed by atoms with Gasteiger partial charge in [0.2, 0.25) is 0 Å². The van der Waals surface area contributed by atoms with Crippen molar-refractivity contribution in [2.75, 3.05) is 13.6 Å². The first-order valence-electron chi connectivity index (χ1n) is 9.31. The normalized spacial score (nSPS) is 11.8. The van der Waals surface area contributed by atoms with Gasteiger partial charge in [-0.1, -0.05) is 95.0 Å².